The number of hydrogen-bond donors (Lipinski definition) is 0. The van der Waals surface area contributed by atoms with Crippen LogP contribution in [0.1, 0.15) is 66.0 Å². The Labute approximate surface area is 531 Å². The molecule has 0 N–H and O–H groups in total. The summed E-state index contributed by atoms with van der Waals surface area (Å²) in [7, 11) is 12.7. The van der Waals surface area contributed by atoms with Gasteiger partial charge in [-0.05, 0) is 155 Å². The Balaban J connectivity index is 0.0000000991. The van der Waals surface area contributed by atoms with Crippen molar-refractivity contribution < 1.29 is 17.7 Å². The third kappa shape index (κ3) is 9.39. The molecule has 18 aromatic rings. The van der Waals surface area contributed by atoms with Crippen LogP contribution < -0.4 is 0 Å². The first-order valence-electron chi connectivity index (χ1n) is 30.8. The lowest BCUT2D eigenvalue weighted by Gasteiger charge is -1.98. The number of aryl methyl sites for hydroxylation is 16. The lowest BCUT2D eigenvalue weighted by Crippen LogP contribution is -1.90. The zero-order valence-electron chi connectivity index (χ0n) is 55.0. The summed E-state index contributed by atoms with van der Waals surface area (Å²) in [5, 5.41) is 9.01. The highest BCUT2D eigenvalue weighted by molar-refractivity contribution is 7.20. The number of nitrogens with zero attached hydrogens (tertiary/aromatic N) is 6. The summed E-state index contributed by atoms with van der Waals surface area (Å²) in [6.45, 7) is 25.6. The summed E-state index contributed by atoms with van der Waals surface area (Å²) in [5.74, 6) is 2.03. The summed E-state index contributed by atoms with van der Waals surface area (Å²) in [6.07, 6.45) is 0. The number of furan rings is 4. The van der Waals surface area contributed by atoms with Crippen molar-refractivity contribution >= 4 is 153 Å². The van der Waals surface area contributed by atoms with Gasteiger partial charge in [-0.2, -0.15) is 0 Å². The van der Waals surface area contributed by atoms with E-state index in [-0.39, 0.29) is 0 Å². The van der Waals surface area contributed by atoms with Crippen LogP contribution in [0.3, 0.4) is 0 Å². The number of para-hydroxylation sites is 6. The van der Waals surface area contributed by atoms with Gasteiger partial charge in [0.15, 0.2) is 22.3 Å². The first-order valence-corrected chi connectivity index (χ1v) is 32.4. The zero-order chi connectivity index (χ0) is 63.5. The van der Waals surface area contributed by atoms with E-state index in [2.05, 4.69) is 260 Å². The maximum Gasteiger partial charge on any atom is 0.160 e. The van der Waals surface area contributed by atoms with Crippen molar-refractivity contribution in [3.63, 3.8) is 0 Å². The Hall–Kier alpha value is -9.36. The number of rotatable bonds is 0. The van der Waals surface area contributed by atoms with Crippen molar-refractivity contribution in [3.8, 4) is 0 Å². The fraction of sp³-hybridized carbons (Fsp3) is 0.231. The Bertz CT molecular complexity index is 5360. The smallest absolute Gasteiger partial charge is 0.160 e. The first kappa shape index (κ1) is 59.6. The molecule has 0 amide bonds. The van der Waals surface area contributed by atoms with E-state index in [0.29, 0.717) is 0 Å². The molecule has 0 unspecified atom stereocenters. The molecule has 0 saturated carbocycles. The van der Waals surface area contributed by atoms with Gasteiger partial charge < -0.3 is 45.1 Å². The van der Waals surface area contributed by atoms with Gasteiger partial charge in [0.2, 0.25) is 0 Å². The maximum absolute atomic E-state index is 5.86. The molecule has 6 aromatic carbocycles. The molecule has 12 aromatic heterocycles. The Morgan fingerprint density at radius 1 is 0.278 bits per heavy atom. The SMILES string of the molecule is Cc1c(C)n(C)c2c1oc1ccccc12.Cc1c(C)n(C)c2c1oc1ccccc12.Cc1oc2c3ccccc3n(C)c2c1C.Cc1oc2c3ccccc3n(C)c2c1C.Cc1sc2c(c1C)c1ccccc1n2C.Cc1sc2c3ccccc3n(C)c2c1C. The topological polar surface area (TPSA) is 82.1 Å². The minimum Gasteiger partial charge on any atom is -0.459 e. The average molecular weight is 1230 g/mol. The Kier molecular flexibility index (Phi) is 15.2. The molecular weight excluding hydrogens is 1150 g/mol. The van der Waals surface area contributed by atoms with E-state index >= 15 is 0 Å². The van der Waals surface area contributed by atoms with Gasteiger partial charge in [0.1, 0.15) is 27.5 Å². The highest BCUT2D eigenvalue weighted by atomic mass is 32.1. The molecule has 12 heterocycles. The molecule has 0 radical (unpaired) electrons. The summed E-state index contributed by atoms with van der Waals surface area (Å²) in [4.78, 5) is 4.26. The van der Waals surface area contributed by atoms with Crippen molar-refractivity contribution in [2.75, 3.05) is 0 Å². The van der Waals surface area contributed by atoms with Gasteiger partial charge in [-0.25, -0.2) is 0 Å². The van der Waals surface area contributed by atoms with Crippen molar-refractivity contribution in [3.05, 3.63) is 212 Å². The van der Waals surface area contributed by atoms with Crippen molar-refractivity contribution in [1.82, 2.24) is 27.4 Å². The third-order valence-corrected chi connectivity index (χ3v) is 21.9. The van der Waals surface area contributed by atoms with Gasteiger partial charge in [0.05, 0.1) is 43.3 Å². The van der Waals surface area contributed by atoms with E-state index < -0.39 is 0 Å². The van der Waals surface area contributed by atoms with Crippen LogP contribution in [0, 0.1) is 83.1 Å². The molecule has 0 saturated heterocycles. The molecule has 12 heteroatoms. The van der Waals surface area contributed by atoms with Crippen LogP contribution in [0.5, 0.6) is 0 Å². The van der Waals surface area contributed by atoms with Crippen LogP contribution >= 0.6 is 22.7 Å². The minimum absolute atomic E-state index is 0.973. The number of hydrogen-bond acceptors (Lipinski definition) is 6. The second kappa shape index (κ2) is 22.9. The summed E-state index contributed by atoms with van der Waals surface area (Å²) >= 11 is 3.80. The van der Waals surface area contributed by atoms with Crippen LogP contribution in [0.15, 0.2) is 163 Å². The number of benzene rings is 6. The quantitative estimate of drug-likeness (QED) is 0.151. The fourth-order valence-corrected chi connectivity index (χ4v) is 15.9. The van der Waals surface area contributed by atoms with E-state index in [0.717, 1.165) is 45.0 Å². The lowest BCUT2D eigenvalue weighted by atomic mass is 10.1. The average Bonchev–Trinajstić information content (AvgIpc) is 1.91. The van der Waals surface area contributed by atoms with Crippen LogP contribution in [-0.2, 0) is 42.3 Å². The largest absolute Gasteiger partial charge is 0.459 e. The molecule has 90 heavy (non-hydrogen) atoms. The Morgan fingerprint density at radius 3 is 1.09 bits per heavy atom. The van der Waals surface area contributed by atoms with Crippen molar-refractivity contribution in [2.45, 2.75) is 83.1 Å². The third-order valence-electron chi connectivity index (χ3n) is 19.4. The van der Waals surface area contributed by atoms with Gasteiger partial charge in [0.25, 0.3) is 0 Å². The number of aromatic nitrogens is 6. The molecule has 0 atom stereocenters. The van der Waals surface area contributed by atoms with E-state index in [1.807, 2.05) is 60.8 Å². The summed E-state index contributed by atoms with van der Waals surface area (Å²) in [6, 6.07) is 50.3. The minimum atomic E-state index is 0.973. The summed E-state index contributed by atoms with van der Waals surface area (Å²) < 4.78 is 38.2. The highest BCUT2D eigenvalue weighted by Crippen LogP contribution is 2.41. The second-order valence-electron chi connectivity index (χ2n) is 24.2. The number of fused-ring (bicyclic) bond motifs is 18. The molecular formula is C78H78N6O4S2. The van der Waals surface area contributed by atoms with Gasteiger partial charge >= 0.3 is 0 Å². The maximum atomic E-state index is 5.86. The second-order valence-corrected chi connectivity index (χ2v) is 26.7. The summed E-state index contributed by atoms with van der Waals surface area (Å²) in [5.41, 5.74) is 27.8. The van der Waals surface area contributed by atoms with Crippen LogP contribution in [0.25, 0.3) is 130 Å². The van der Waals surface area contributed by atoms with E-state index in [1.165, 1.54) is 151 Å². The molecule has 0 aliphatic heterocycles. The highest BCUT2D eigenvalue weighted by Gasteiger charge is 2.21. The normalized spacial score (nSPS) is 11.7. The molecule has 0 spiro atoms. The van der Waals surface area contributed by atoms with Gasteiger partial charge in [-0.15, -0.1) is 22.7 Å². The predicted molar refractivity (Wildman–Crippen MR) is 384 cm³/mol. The first-order chi connectivity index (χ1) is 43.2. The molecule has 10 nitrogen and oxygen atoms in total. The van der Waals surface area contributed by atoms with Crippen molar-refractivity contribution in [2.24, 2.45) is 42.3 Å². The van der Waals surface area contributed by atoms with Crippen LogP contribution in [-0.4, -0.2) is 27.4 Å². The zero-order valence-corrected chi connectivity index (χ0v) is 56.6. The predicted octanol–water partition coefficient (Wildman–Crippen LogP) is 22.2. The van der Waals surface area contributed by atoms with E-state index in [4.69, 9.17) is 17.7 Å². The van der Waals surface area contributed by atoms with Gasteiger partial charge in [0, 0.05) is 134 Å². The lowest BCUT2D eigenvalue weighted by molar-refractivity contribution is 0.577. The van der Waals surface area contributed by atoms with Gasteiger partial charge in [-0.1, -0.05) is 84.9 Å². The van der Waals surface area contributed by atoms with Crippen molar-refractivity contribution in [1.29, 1.82) is 0 Å². The molecule has 0 aliphatic rings. The fourth-order valence-electron chi connectivity index (χ4n) is 13.5. The Morgan fingerprint density at radius 2 is 0.633 bits per heavy atom. The monoisotopic (exact) mass is 1230 g/mol. The number of thiophene rings is 2. The standard InChI is InChI=1S/4C13H13NO.2C13H13NS/c2*1-8-9(2)14(3)12-10-6-4-5-7-11(10)15-13(8)12;3*1-8-9(2)15-13-10-6-4-5-7-11(10)14(3)12(8)13;1-8-9(2)15-13-12(8)10-6-4-5-7-11(10)14(13)3/h6*4-7H,1-3H3. The molecule has 0 aliphatic carbocycles. The molecule has 0 fully saturated rings. The van der Waals surface area contributed by atoms with Crippen LogP contribution in [0.4, 0.5) is 0 Å². The van der Waals surface area contributed by atoms with Gasteiger partial charge in [-0.3, -0.25) is 0 Å². The van der Waals surface area contributed by atoms with Crippen LogP contribution in [0.2, 0.25) is 0 Å². The molecule has 0 bridgehead atoms. The molecule has 18 rings (SSSR count). The van der Waals surface area contributed by atoms with E-state index in [1.54, 1.807) is 0 Å². The van der Waals surface area contributed by atoms with E-state index in [9.17, 15) is 0 Å². The molecule has 456 valence electrons.